The van der Waals surface area contributed by atoms with Crippen LogP contribution < -0.4 is 4.90 Å². The van der Waals surface area contributed by atoms with E-state index in [0.717, 1.165) is 25.7 Å². The van der Waals surface area contributed by atoms with Gasteiger partial charge in [-0.25, -0.2) is 0 Å². The third-order valence-electron chi connectivity index (χ3n) is 4.31. The number of halogens is 1. The summed E-state index contributed by atoms with van der Waals surface area (Å²) < 4.78 is 0. The van der Waals surface area contributed by atoms with E-state index in [4.69, 9.17) is 11.6 Å². The number of ketones is 2. The molecule has 21 heavy (non-hydrogen) atoms. The number of amides is 1. The number of rotatable bonds is 3. The number of anilines is 1. The zero-order chi connectivity index (χ0) is 15.0. The van der Waals surface area contributed by atoms with Crippen molar-refractivity contribution >= 4 is 34.8 Å². The Labute approximate surface area is 128 Å². The molecule has 3 rings (SSSR count). The summed E-state index contributed by atoms with van der Waals surface area (Å²) in [5.41, 5.74) is 0.794. The highest BCUT2D eigenvalue weighted by molar-refractivity contribution is 6.53. The van der Waals surface area contributed by atoms with Crippen molar-refractivity contribution in [1.29, 1.82) is 0 Å². The van der Waals surface area contributed by atoms with Gasteiger partial charge in [-0.15, -0.1) is 0 Å². The minimum atomic E-state index is -0.628. The number of fused-ring (bicyclic) bond motifs is 1. The maximum absolute atomic E-state index is 12.4. The molecule has 2 aliphatic rings. The highest BCUT2D eigenvalue weighted by Gasteiger charge is 2.37. The minimum absolute atomic E-state index is 0.0100. The fourth-order valence-electron chi connectivity index (χ4n) is 3.14. The van der Waals surface area contributed by atoms with Crippen molar-refractivity contribution < 1.29 is 14.4 Å². The number of benzene rings is 1. The second kappa shape index (κ2) is 5.60. The van der Waals surface area contributed by atoms with Crippen LogP contribution in [0, 0.1) is 5.92 Å². The van der Waals surface area contributed by atoms with Crippen LogP contribution >= 0.6 is 11.6 Å². The maximum Gasteiger partial charge on any atom is 0.299 e. The van der Waals surface area contributed by atoms with Crippen molar-refractivity contribution in [1.82, 2.24) is 0 Å². The Bertz CT molecular complexity index is 620. The summed E-state index contributed by atoms with van der Waals surface area (Å²) in [6, 6.07) is 4.75. The van der Waals surface area contributed by atoms with Crippen molar-refractivity contribution in [2.45, 2.75) is 32.1 Å². The maximum atomic E-state index is 12.4. The van der Waals surface area contributed by atoms with Gasteiger partial charge in [0.25, 0.3) is 11.7 Å². The molecule has 1 aliphatic heterocycles. The molecular weight excluding hydrogens is 290 g/mol. The standard InChI is InChI=1S/C16H16ClNO3/c17-11-6-7-13-12(8-11)15(20)16(21)18(13)9-14(19)10-4-2-1-3-5-10/h6-8,10H,1-5,9H2. The number of carbonyl (C=O) groups excluding carboxylic acids is 3. The van der Waals surface area contributed by atoms with Crippen LogP contribution in [0.1, 0.15) is 42.5 Å². The van der Waals surface area contributed by atoms with Gasteiger partial charge in [0, 0.05) is 10.9 Å². The molecule has 1 saturated carbocycles. The van der Waals surface area contributed by atoms with Gasteiger partial charge >= 0.3 is 0 Å². The van der Waals surface area contributed by atoms with Gasteiger partial charge in [-0.3, -0.25) is 19.3 Å². The molecule has 5 heteroatoms. The van der Waals surface area contributed by atoms with E-state index in [1.54, 1.807) is 12.1 Å². The molecular formula is C16H16ClNO3. The van der Waals surface area contributed by atoms with E-state index < -0.39 is 11.7 Å². The quantitative estimate of drug-likeness (QED) is 0.807. The molecule has 110 valence electrons. The summed E-state index contributed by atoms with van der Waals surface area (Å²) >= 11 is 5.86. The molecule has 1 amide bonds. The first-order valence-electron chi connectivity index (χ1n) is 7.26. The molecule has 1 aromatic carbocycles. The van der Waals surface area contributed by atoms with Gasteiger partial charge in [-0.05, 0) is 31.0 Å². The summed E-state index contributed by atoms with van der Waals surface area (Å²) in [5.74, 6) is -1.13. The van der Waals surface area contributed by atoms with Gasteiger partial charge in [0.15, 0.2) is 5.78 Å². The minimum Gasteiger partial charge on any atom is -0.297 e. The SMILES string of the molecule is O=C1C(=O)N(CC(=O)C2CCCCC2)c2ccc(Cl)cc21. The molecule has 0 bridgehead atoms. The van der Waals surface area contributed by atoms with E-state index in [1.807, 2.05) is 0 Å². The largest absolute Gasteiger partial charge is 0.299 e. The Kier molecular flexibility index (Phi) is 3.81. The van der Waals surface area contributed by atoms with Crippen LogP contribution in [0.3, 0.4) is 0 Å². The highest BCUT2D eigenvalue weighted by atomic mass is 35.5. The number of carbonyl (C=O) groups is 3. The Morgan fingerprint density at radius 2 is 1.90 bits per heavy atom. The third kappa shape index (κ3) is 2.60. The molecule has 1 aromatic rings. The number of hydrogen-bond donors (Lipinski definition) is 0. The van der Waals surface area contributed by atoms with Crippen LogP contribution in [-0.4, -0.2) is 24.0 Å². The Morgan fingerprint density at radius 3 is 2.62 bits per heavy atom. The molecule has 0 spiro atoms. The molecule has 1 aliphatic carbocycles. The molecule has 0 unspecified atom stereocenters. The number of Topliss-reactive ketones (excluding diaryl/α,β-unsaturated/α-hetero) is 2. The predicted molar refractivity (Wildman–Crippen MR) is 79.7 cm³/mol. The summed E-state index contributed by atoms with van der Waals surface area (Å²) in [4.78, 5) is 37.7. The lowest BCUT2D eigenvalue weighted by Gasteiger charge is -2.23. The van der Waals surface area contributed by atoms with Gasteiger partial charge in [-0.1, -0.05) is 30.9 Å². The lowest BCUT2D eigenvalue weighted by Crippen LogP contribution is -2.37. The number of hydrogen-bond acceptors (Lipinski definition) is 3. The van der Waals surface area contributed by atoms with E-state index in [-0.39, 0.29) is 18.2 Å². The van der Waals surface area contributed by atoms with Crippen molar-refractivity contribution in [2.75, 3.05) is 11.4 Å². The zero-order valence-corrected chi connectivity index (χ0v) is 12.4. The summed E-state index contributed by atoms with van der Waals surface area (Å²) in [6.45, 7) is -0.0100. The Morgan fingerprint density at radius 1 is 1.19 bits per heavy atom. The first-order chi connectivity index (χ1) is 10.1. The van der Waals surface area contributed by atoms with E-state index in [1.165, 1.54) is 17.4 Å². The van der Waals surface area contributed by atoms with Crippen molar-refractivity contribution in [3.05, 3.63) is 28.8 Å². The first kappa shape index (κ1) is 14.3. The molecule has 1 heterocycles. The van der Waals surface area contributed by atoms with Crippen LogP contribution in [0.25, 0.3) is 0 Å². The van der Waals surface area contributed by atoms with Gasteiger partial charge < -0.3 is 0 Å². The van der Waals surface area contributed by atoms with Gasteiger partial charge in [0.2, 0.25) is 0 Å². The van der Waals surface area contributed by atoms with E-state index >= 15 is 0 Å². The summed E-state index contributed by atoms with van der Waals surface area (Å²) in [7, 11) is 0. The monoisotopic (exact) mass is 305 g/mol. The zero-order valence-electron chi connectivity index (χ0n) is 11.6. The average molecular weight is 306 g/mol. The lowest BCUT2D eigenvalue weighted by atomic mass is 9.86. The third-order valence-corrected chi connectivity index (χ3v) is 4.54. The summed E-state index contributed by atoms with van der Waals surface area (Å²) in [5, 5.41) is 0.412. The summed E-state index contributed by atoms with van der Waals surface area (Å²) in [6.07, 6.45) is 5.09. The van der Waals surface area contributed by atoms with Crippen molar-refractivity contribution in [3.8, 4) is 0 Å². The topological polar surface area (TPSA) is 54.5 Å². The Balaban J connectivity index is 1.81. The van der Waals surface area contributed by atoms with E-state index in [2.05, 4.69) is 0 Å². The fraction of sp³-hybridized carbons (Fsp3) is 0.438. The average Bonchev–Trinajstić information content (AvgIpc) is 2.73. The molecule has 0 radical (unpaired) electrons. The highest BCUT2D eigenvalue weighted by Crippen LogP contribution is 2.32. The van der Waals surface area contributed by atoms with E-state index in [0.29, 0.717) is 16.3 Å². The lowest BCUT2D eigenvalue weighted by molar-refractivity contribution is -0.124. The van der Waals surface area contributed by atoms with Gasteiger partial charge in [-0.2, -0.15) is 0 Å². The molecule has 4 nitrogen and oxygen atoms in total. The van der Waals surface area contributed by atoms with Gasteiger partial charge in [0.1, 0.15) is 0 Å². The predicted octanol–water partition coefficient (Wildman–Crippen LogP) is 3.02. The normalized spacial score (nSPS) is 19.0. The van der Waals surface area contributed by atoms with Crippen LogP contribution in [0.15, 0.2) is 18.2 Å². The van der Waals surface area contributed by atoms with Gasteiger partial charge in [0.05, 0.1) is 17.8 Å². The molecule has 0 N–H and O–H groups in total. The molecule has 0 aromatic heterocycles. The van der Waals surface area contributed by atoms with Crippen LogP contribution in [0.4, 0.5) is 5.69 Å². The second-order valence-corrected chi connectivity index (χ2v) is 6.12. The molecule has 0 saturated heterocycles. The van der Waals surface area contributed by atoms with Crippen LogP contribution in [0.2, 0.25) is 5.02 Å². The fourth-order valence-corrected chi connectivity index (χ4v) is 3.31. The molecule has 1 fully saturated rings. The Hall–Kier alpha value is -1.68. The van der Waals surface area contributed by atoms with Crippen LogP contribution in [-0.2, 0) is 9.59 Å². The smallest absolute Gasteiger partial charge is 0.297 e. The van der Waals surface area contributed by atoms with Crippen LogP contribution in [0.5, 0.6) is 0 Å². The second-order valence-electron chi connectivity index (χ2n) is 5.68. The first-order valence-corrected chi connectivity index (χ1v) is 7.64. The van der Waals surface area contributed by atoms with Crippen molar-refractivity contribution in [3.63, 3.8) is 0 Å². The number of nitrogens with zero attached hydrogens (tertiary/aromatic N) is 1. The molecule has 0 atom stereocenters. The van der Waals surface area contributed by atoms with Crippen molar-refractivity contribution in [2.24, 2.45) is 5.92 Å². The van der Waals surface area contributed by atoms with E-state index in [9.17, 15) is 14.4 Å².